The molecule has 19 heavy (non-hydrogen) atoms. The van der Waals surface area contributed by atoms with Crippen LogP contribution in [-0.2, 0) is 0 Å². The predicted octanol–water partition coefficient (Wildman–Crippen LogP) is 3.21. The van der Waals surface area contributed by atoms with Crippen molar-refractivity contribution in [2.45, 2.75) is 19.8 Å². The maximum Gasteiger partial charge on any atom is 0.193 e. The SMILES string of the molecule is CC(C)c1ccc(N)cc1C(=O)c1ccc(N)cc1. The molecule has 0 aromatic heterocycles. The van der Waals surface area contributed by atoms with E-state index in [2.05, 4.69) is 13.8 Å². The summed E-state index contributed by atoms with van der Waals surface area (Å²) in [6, 6.07) is 12.4. The Morgan fingerprint density at radius 2 is 1.53 bits per heavy atom. The number of rotatable bonds is 3. The van der Waals surface area contributed by atoms with E-state index in [-0.39, 0.29) is 11.7 Å². The van der Waals surface area contributed by atoms with E-state index in [0.29, 0.717) is 22.5 Å². The Bertz CT molecular complexity index is 601. The van der Waals surface area contributed by atoms with Crippen LogP contribution in [0.5, 0.6) is 0 Å². The summed E-state index contributed by atoms with van der Waals surface area (Å²) in [4.78, 5) is 12.5. The van der Waals surface area contributed by atoms with Crippen LogP contribution in [-0.4, -0.2) is 5.78 Å². The van der Waals surface area contributed by atoms with E-state index < -0.39 is 0 Å². The first-order valence-electron chi connectivity index (χ1n) is 6.28. The largest absolute Gasteiger partial charge is 0.399 e. The molecule has 0 fully saturated rings. The van der Waals surface area contributed by atoms with Crippen molar-refractivity contribution in [1.82, 2.24) is 0 Å². The van der Waals surface area contributed by atoms with Gasteiger partial charge < -0.3 is 11.5 Å². The van der Waals surface area contributed by atoms with Gasteiger partial charge in [-0.2, -0.15) is 0 Å². The minimum atomic E-state index is -0.0176. The summed E-state index contributed by atoms with van der Waals surface area (Å²) in [5.74, 6) is 0.254. The fourth-order valence-electron chi connectivity index (χ4n) is 2.06. The maximum atomic E-state index is 12.5. The molecule has 0 amide bonds. The second kappa shape index (κ2) is 5.14. The van der Waals surface area contributed by atoms with Gasteiger partial charge in [0.05, 0.1) is 0 Å². The van der Waals surface area contributed by atoms with Gasteiger partial charge in [0, 0.05) is 22.5 Å². The smallest absolute Gasteiger partial charge is 0.193 e. The van der Waals surface area contributed by atoms with Crippen molar-refractivity contribution in [3.63, 3.8) is 0 Å². The van der Waals surface area contributed by atoms with E-state index in [1.165, 1.54) is 0 Å². The Kier molecular flexibility index (Phi) is 3.56. The highest BCUT2D eigenvalue weighted by Gasteiger charge is 2.15. The van der Waals surface area contributed by atoms with Crippen LogP contribution in [0.2, 0.25) is 0 Å². The maximum absolute atomic E-state index is 12.5. The Labute approximate surface area is 113 Å². The van der Waals surface area contributed by atoms with Gasteiger partial charge in [-0.25, -0.2) is 0 Å². The monoisotopic (exact) mass is 254 g/mol. The van der Waals surface area contributed by atoms with E-state index in [9.17, 15) is 4.79 Å². The van der Waals surface area contributed by atoms with Gasteiger partial charge in [0.15, 0.2) is 5.78 Å². The third-order valence-corrected chi connectivity index (χ3v) is 3.12. The highest BCUT2D eigenvalue weighted by atomic mass is 16.1. The molecule has 0 bridgehead atoms. The summed E-state index contributed by atoms with van der Waals surface area (Å²) in [5, 5.41) is 0. The Hall–Kier alpha value is -2.29. The van der Waals surface area contributed by atoms with Gasteiger partial charge in [0.1, 0.15) is 0 Å². The van der Waals surface area contributed by atoms with Crippen molar-refractivity contribution in [2.24, 2.45) is 0 Å². The summed E-state index contributed by atoms with van der Waals surface area (Å²) in [6.07, 6.45) is 0. The summed E-state index contributed by atoms with van der Waals surface area (Å²) < 4.78 is 0. The van der Waals surface area contributed by atoms with Gasteiger partial charge >= 0.3 is 0 Å². The fourth-order valence-corrected chi connectivity index (χ4v) is 2.06. The second-order valence-electron chi connectivity index (χ2n) is 4.95. The lowest BCUT2D eigenvalue weighted by atomic mass is 9.91. The van der Waals surface area contributed by atoms with Crippen LogP contribution in [0.4, 0.5) is 11.4 Å². The molecule has 0 aliphatic rings. The first kappa shape index (κ1) is 13.1. The zero-order valence-corrected chi connectivity index (χ0v) is 11.2. The van der Waals surface area contributed by atoms with Crippen LogP contribution >= 0.6 is 0 Å². The number of ketones is 1. The van der Waals surface area contributed by atoms with Gasteiger partial charge in [-0.15, -0.1) is 0 Å². The van der Waals surface area contributed by atoms with Crippen LogP contribution in [0.3, 0.4) is 0 Å². The minimum absolute atomic E-state index is 0.0176. The van der Waals surface area contributed by atoms with Crippen molar-refractivity contribution in [2.75, 3.05) is 11.5 Å². The number of hydrogen-bond donors (Lipinski definition) is 2. The molecule has 2 aromatic carbocycles. The third-order valence-electron chi connectivity index (χ3n) is 3.12. The Morgan fingerprint density at radius 1 is 0.947 bits per heavy atom. The number of nitrogen functional groups attached to an aromatic ring is 2. The molecule has 0 spiro atoms. The summed E-state index contributed by atoms with van der Waals surface area (Å²) in [6.45, 7) is 4.12. The molecule has 4 N–H and O–H groups in total. The zero-order valence-electron chi connectivity index (χ0n) is 11.2. The molecule has 0 aliphatic carbocycles. The lowest BCUT2D eigenvalue weighted by molar-refractivity contribution is 0.103. The van der Waals surface area contributed by atoms with Gasteiger partial charge in [-0.05, 0) is 47.9 Å². The van der Waals surface area contributed by atoms with E-state index in [4.69, 9.17) is 11.5 Å². The standard InChI is InChI=1S/C16H18N2O/c1-10(2)14-8-7-13(18)9-15(14)16(19)11-3-5-12(17)6-4-11/h3-10H,17-18H2,1-2H3. The number of nitrogens with two attached hydrogens (primary N) is 2. The average Bonchev–Trinajstić information content (AvgIpc) is 2.38. The summed E-state index contributed by atoms with van der Waals surface area (Å²) in [7, 11) is 0. The third kappa shape index (κ3) is 2.76. The van der Waals surface area contributed by atoms with E-state index in [1.807, 2.05) is 12.1 Å². The molecule has 3 heteroatoms. The summed E-state index contributed by atoms with van der Waals surface area (Å²) >= 11 is 0. The second-order valence-corrected chi connectivity index (χ2v) is 4.95. The molecule has 0 saturated carbocycles. The van der Waals surface area contributed by atoms with Gasteiger partial charge in [0.2, 0.25) is 0 Å². The first-order chi connectivity index (χ1) is 8.99. The molecule has 3 nitrogen and oxygen atoms in total. The highest BCUT2D eigenvalue weighted by Crippen LogP contribution is 2.24. The lowest BCUT2D eigenvalue weighted by Gasteiger charge is -2.13. The number of anilines is 2. The topological polar surface area (TPSA) is 69.1 Å². The van der Waals surface area contributed by atoms with Crippen LogP contribution in [0, 0.1) is 0 Å². The number of benzene rings is 2. The van der Waals surface area contributed by atoms with Crippen molar-refractivity contribution >= 4 is 17.2 Å². The van der Waals surface area contributed by atoms with E-state index in [1.54, 1.807) is 30.3 Å². The van der Waals surface area contributed by atoms with Crippen LogP contribution in [0.1, 0.15) is 41.3 Å². The van der Waals surface area contributed by atoms with E-state index >= 15 is 0 Å². The molecular weight excluding hydrogens is 236 g/mol. The number of carbonyl (C=O) groups excluding carboxylic acids is 1. The fraction of sp³-hybridized carbons (Fsp3) is 0.188. The molecule has 0 saturated heterocycles. The van der Waals surface area contributed by atoms with Gasteiger partial charge in [0.25, 0.3) is 0 Å². The average molecular weight is 254 g/mol. The zero-order chi connectivity index (χ0) is 14.0. The molecule has 0 radical (unpaired) electrons. The van der Waals surface area contributed by atoms with Crippen molar-refractivity contribution in [3.05, 3.63) is 59.2 Å². The number of carbonyl (C=O) groups is 1. The molecule has 2 aromatic rings. The first-order valence-corrected chi connectivity index (χ1v) is 6.28. The van der Waals surface area contributed by atoms with Crippen LogP contribution < -0.4 is 11.5 Å². The van der Waals surface area contributed by atoms with Crippen molar-refractivity contribution in [3.8, 4) is 0 Å². The van der Waals surface area contributed by atoms with Crippen molar-refractivity contribution < 1.29 is 4.79 Å². The molecule has 0 atom stereocenters. The normalized spacial score (nSPS) is 10.7. The molecule has 98 valence electrons. The quantitative estimate of drug-likeness (QED) is 0.652. The molecule has 0 heterocycles. The van der Waals surface area contributed by atoms with Crippen LogP contribution in [0.25, 0.3) is 0 Å². The molecule has 2 rings (SSSR count). The molecule has 0 aliphatic heterocycles. The highest BCUT2D eigenvalue weighted by molar-refractivity contribution is 6.10. The lowest BCUT2D eigenvalue weighted by Crippen LogP contribution is -2.07. The van der Waals surface area contributed by atoms with Crippen molar-refractivity contribution in [1.29, 1.82) is 0 Å². The number of hydrogen-bond acceptors (Lipinski definition) is 3. The molecule has 0 unspecified atom stereocenters. The molecular formula is C16H18N2O. The van der Waals surface area contributed by atoms with Gasteiger partial charge in [-0.1, -0.05) is 19.9 Å². The van der Waals surface area contributed by atoms with E-state index in [0.717, 1.165) is 5.56 Å². The summed E-state index contributed by atoms with van der Waals surface area (Å²) in [5.41, 5.74) is 15.0. The minimum Gasteiger partial charge on any atom is -0.399 e. The van der Waals surface area contributed by atoms with Gasteiger partial charge in [-0.3, -0.25) is 4.79 Å². The Balaban J connectivity index is 2.48. The van der Waals surface area contributed by atoms with Crippen LogP contribution in [0.15, 0.2) is 42.5 Å². The Morgan fingerprint density at radius 3 is 2.11 bits per heavy atom. The predicted molar refractivity (Wildman–Crippen MR) is 79.2 cm³/mol.